The van der Waals surface area contributed by atoms with Gasteiger partial charge in [-0.1, -0.05) is 31.2 Å². The standard InChI is InChI=1S/C22H29NO2/c1-7-21(25-19-10-8-9-14(2)11-19)22(24)23-18(6)20-13-16(4)15(3)12-17(20)5/h8-13,18,21H,7H2,1-6H3,(H,23,24). The van der Waals surface area contributed by atoms with Crippen molar-refractivity contribution in [3.05, 3.63) is 64.2 Å². The molecule has 0 heterocycles. The predicted octanol–water partition coefficient (Wildman–Crippen LogP) is 4.96. The Labute approximate surface area is 151 Å². The van der Waals surface area contributed by atoms with Gasteiger partial charge in [-0.05, 0) is 81.0 Å². The van der Waals surface area contributed by atoms with Gasteiger partial charge in [0.25, 0.3) is 5.91 Å². The molecular formula is C22H29NO2. The predicted molar refractivity (Wildman–Crippen MR) is 103 cm³/mol. The average molecular weight is 339 g/mol. The van der Waals surface area contributed by atoms with Crippen LogP contribution in [0.1, 0.15) is 54.1 Å². The van der Waals surface area contributed by atoms with Crippen LogP contribution in [0, 0.1) is 27.7 Å². The lowest BCUT2D eigenvalue weighted by molar-refractivity contribution is -0.128. The van der Waals surface area contributed by atoms with Gasteiger partial charge in [0, 0.05) is 0 Å². The second-order valence-electron chi connectivity index (χ2n) is 6.85. The Kier molecular flexibility index (Phi) is 6.24. The molecule has 1 amide bonds. The third-order valence-electron chi connectivity index (χ3n) is 4.64. The largest absolute Gasteiger partial charge is 0.481 e. The summed E-state index contributed by atoms with van der Waals surface area (Å²) in [6.07, 6.45) is 0.134. The first-order valence-electron chi connectivity index (χ1n) is 8.93. The number of hydrogen-bond donors (Lipinski definition) is 1. The molecule has 0 saturated carbocycles. The maximum absolute atomic E-state index is 12.7. The molecule has 2 rings (SSSR count). The highest BCUT2D eigenvalue weighted by Crippen LogP contribution is 2.22. The van der Waals surface area contributed by atoms with E-state index >= 15 is 0 Å². The Morgan fingerprint density at radius 1 is 1.04 bits per heavy atom. The summed E-state index contributed by atoms with van der Waals surface area (Å²) in [7, 11) is 0. The molecule has 0 radical (unpaired) electrons. The van der Waals surface area contributed by atoms with Crippen LogP contribution < -0.4 is 10.1 Å². The minimum absolute atomic E-state index is 0.0537. The smallest absolute Gasteiger partial charge is 0.261 e. The Morgan fingerprint density at radius 2 is 1.72 bits per heavy atom. The minimum Gasteiger partial charge on any atom is -0.481 e. The quantitative estimate of drug-likeness (QED) is 0.808. The van der Waals surface area contributed by atoms with Crippen molar-refractivity contribution < 1.29 is 9.53 Å². The summed E-state index contributed by atoms with van der Waals surface area (Å²) in [6, 6.07) is 12.1. The van der Waals surface area contributed by atoms with E-state index in [-0.39, 0.29) is 11.9 Å². The summed E-state index contributed by atoms with van der Waals surface area (Å²) in [5.41, 5.74) is 5.98. The molecule has 1 N–H and O–H groups in total. The first-order valence-corrected chi connectivity index (χ1v) is 8.93. The number of carbonyl (C=O) groups excluding carboxylic acids is 1. The van der Waals surface area contributed by atoms with Gasteiger partial charge < -0.3 is 10.1 Å². The summed E-state index contributed by atoms with van der Waals surface area (Å²) in [4.78, 5) is 12.7. The minimum atomic E-state index is -0.490. The maximum atomic E-state index is 12.7. The van der Waals surface area contributed by atoms with Crippen molar-refractivity contribution in [3.8, 4) is 5.75 Å². The number of benzene rings is 2. The lowest BCUT2D eigenvalue weighted by Crippen LogP contribution is -2.39. The number of amides is 1. The molecule has 0 saturated heterocycles. The zero-order valence-electron chi connectivity index (χ0n) is 16.1. The third-order valence-corrected chi connectivity index (χ3v) is 4.64. The molecule has 2 aromatic carbocycles. The second kappa shape index (κ2) is 8.19. The van der Waals surface area contributed by atoms with E-state index in [4.69, 9.17) is 4.74 Å². The molecule has 0 aromatic heterocycles. The highest BCUT2D eigenvalue weighted by Gasteiger charge is 2.21. The van der Waals surface area contributed by atoms with Crippen molar-refractivity contribution in [2.24, 2.45) is 0 Å². The van der Waals surface area contributed by atoms with Gasteiger partial charge in [-0.25, -0.2) is 0 Å². The average Bonchev–Trinajstić information content (AvgIpc) is 2.55. The first kappa shape index (κ1) is 19.0. The molecule has 3 heteroatoms. The van der Waals surface area contributed by atoms with Crippen LogP contribution in [0.5, 0.6) is 5.75 Å². The molecule has 0 spiro atoms. The summed E-state index contributed by atoms with van der Waals surface area (Å²) >= 11 is 0. The fourth-order valence-electron chi connectivity index (χ4n) is 3.01. The molecule has 25 heavy (non-hydrogen) atoms. The van der Waals surface area contributed by atoms with Crippen molar-refractivity contribution in [1.29, 1.82) is 0 Å². The van der Waals surface area contributed by atoms with Crippen LogP contribution in [0.4, 0.5) is 0 Å². The topological polar surface area (TPSA) is 38.3 Å². The number of hydrogen-bond acceptors (Lipinski definition) is 2. The molecule has 134 valence electrons. The van der Waals surface area contributed by atoms with Crippen molar-refractivity contribution in [3.63, 3.8) is 0 Å². The van der Waals surface area contributed by atoms with Crippen LogP contribution in [0.3, 0.4) is 0 Å². The van der Waals surface area contributed by atoms with E-state index in [0.717, 1.165) is 16.9 Å². The lowest BCUT2D eigenvalue weighted by Gasteiger charge is -2.22. The monoisotopic (exact) mass is 339 g/mol. The summed E-state index contributed by atoms with van der Waals surface area (Å²) < 4.78 is 5.90. The second-order valence-corrected chi connectivity index (χ2v) is 6.85. The fraction of sp³-hybridized carbons (Fsp3) is 0.409. The van der Waals surface area contributed by atoms with Crippen LogP contribution in [-0.2, 0) is 4.79 Å². The Morgan fingerprint density at radius 3 is 2.36 bits per heavy atom. The highest BCUT2D eigenvalue weighted by molar-refractivity contribution is 5.81. The summed E-state index contributed by atoms with van der Waals surface area (Å²) in [6.45, 7) is 12.3. The van der Waals surface area contributed by atoms with Gasteiger partial charge in [0.15, 0.2) is 6.10 Å². The zero-order valence-corrected chi connectivity index (χ0v) is 16.1. The molecule has 2 atom stereocenters. The molecule has 2 aromatic rings. The van der Waals surface area contributed by atoms with Crippen molar-refractivity contribution in [2.75, 3.05) is 0 Å². The summed E-state index contributed by atoms with van der Waals surface area (Å²) in [5.74, 6) is 0.658. The van der Waals surface area contributed by atoms with Gasteiger partial charge in [0.2, 0.25) is 0 Å². The van der Waals surface area contributed by atoms with Crippen LogP contribution in [0.2, 0.25) is 0 Å². The number of nitrogens with one attached hydrogen (secondary N) is 1. The van der Waals surface area contributed by atoms with Gasteiger partial charge >= 0.3 is 0 Å². The van der Waals surface area contributed by atoms with E-state index in [1.54, 1.807) is 0 Å². The third kappa shape index (κ3) is 4.85. The molecular weight excluding hydrogens is 310 g/mol. The highest BCUT2D eigenvalue weighted by atomic mass is 16.5. The van der Waals surface area contributed by atoms with Gasteiger partial charge in [0.1, 0.15) is 5.75 Å². The van der Waals surface area contributed by atoms with Crippen LogP contribution >= 0.6 is 0 Å². The van der Waals surface area contributed by atoms with E-state index in [0.29, 0.717) is 6.42 Å². The maximum Gasteiger partial charge on any atom is 0.261 e. The van der Waals surface area contributed by atoms with Crippen LogP contribution in [-0.4, -0.2) is 12.0 Å². The van der Waals surface area contributed by atoms with E-state index in [1.807, 2.05) is 45.0 Å². The molecule has 0 fully saturated rings. The molecule has 0 bridgehead atoms. The lowest BCUT2D eigenvalue weighted by atomic mass is 9.96. The Hall–Kier alpha value is -2.29. The van der Waals surface area contributed by atoms with Gasteiger partial charge in [-0.2, -0.15) is 0 Å². The van der Waals surface area contributed by atoms with E-state index in [2.05, 4.69) is 38.2 Å². The van der Waals surface area contributed by atoms with E-state index in [9.17, 15) is 4.79 Å². The SMILES string of the molecule is CCC(Oc1cccc(C)c1)C(=O)NC(C)c1cc(C)c(C)cc1C. The van der Waals surface area contributed by atoms with Gasteiger partial charge in [-0.15, -0.1) is 0 Å². The fourth-order valence-corrected chi connectivity index (χ4v) is 3.01. The molecule has 2 unspecified atom stereocenters. The Bertz CT molecular complexity index is 752. The first-order chi connectivity index (χ1) is 11.8. The number of aryl methyl sites for hydroxylation is 4. The zero-order chi connectivity index (χ0) is 18.6. The van der Waals surface area contributed by atoms with Crippen molar-refractivity contribution in [2.45, 2.75) is 60.1 Å². The van der Waals surface area contributed by atoms with Crippen molar-refractivity contribution >= 4 is 5.91 Å². The number of ether oxygens (including phenoxy) is 1. The van der Waals surface area contributed by atoms with E-state index < -0.39 is 6.10 Å². The molecule has 0 aliphatic heterocycles. The van der Waals surface area contributed by atoms with Gasteiger partial charge in [0.05, 0.1) is 6.04 Å². The van der Waals surface area contributed by atoms with E-state index in [1.165, 1.54) is 16.7 Å². The van der Waals surface area contributed by atoms with Crippen LogP contribution in [0.15, 0.2) is 36.4 Å². The molecule has 0 aliphatic rings. The normalized spacial score (nSPS) is 13.2. The Balaban J connectivity index is 2.09. The van der Waals surface area contributed by atoms with Gasteiger partial charge in [-0.3, -0.25) is 4.79 Å². The van der Waals surface area contributed by atoms with Crippen LogP contribution in [0.25, 0.3) is 0 Å². The van der Waals surface area contributed by atoms with Crippen molar-refractivity contribution in [1.82, 2.24) is 5.32 Å². The molecule has 0 aliphatic carbocycles. The number of carbonyl (C=O) groups is 1. The number of rotatable bonds is 6. The summed E-state index contributed by atoms with van der Waals surface area (Å²) in [5, 5.41) is 3.11. The molecule has 3 nitrogen and oxygen atoms in total.